The summed E-state index contributed by atoms with van der Waals surface area (Å²) in [7, 11) is 0. The molecule has 1 atom stereocenters. The van der Waals surface area contributed by atoms with Crippen LogP contribution >= 0.6 is 0 Å². The van der Waals surface area contributed by atoms with Gasteiger partial charge in [-0.05, 0) is 24.1 Å². The van der Waals surface area contributed by atoms with E-state index in [-0.39, 0.29) is 12.1 Å². The number of nitrogens with zero attached hydrogens (tertiary/aromatic N) is 1. The number of carbonyl (C=O) groups is 1. The number of urea groups is 1. The fourth-order valence-electron chi connectivity index (χ4n) is 2.56. The van der Waals surface area contributed by atoms with Crippen molar-refractivity contribution in [3.05, 3.63) is 66.2 Å². The van der Waals surface area contributed by atoms with Gasteiger partial charge in [0, 0.05) is 18.8 Å². The van der Waals surface area contributed by atoms with Crippen LogP contribution in [0.15, 0.2) is 60.7 Å². The number of rotatable bonds is 4. The molecule has 3 rings (SSSR count). The molecule has 1 aliphatic heterocycles. The van der Waals surface area contributed by atoms with Gasteiger partial charge in [-0.15, -0.1) is 0 Å². The Morgan fingerprint density at radius 1 is 1.09 bits per heavy atom. The van der Waals surface area contributed by atoms with Crippen LogP contribution in [0.25, 0.3) is 0 Å². The molecule has 2 amide bonds. The normalized spacial score (nSPS) is 17.5. The van der Waals surface area contributed by atoms with Crippen molar-refractivity contribution in [2.75, 3.05) is 18.4 Å². The van der Waals surface area contributed by atoms with Crippen LogP contribution in [0.5, 0.6) is 0 Å². The number of hydrogen-bond acceptors (Lipinski definition) is 2. The Morgan fingerprint density at radius 2 is 1.77 bits per heavy atom. The SMILES string of the molecule is O=C(Nc1ccccc1)N1CCC(OCc2ccccc2)C1. The molecule has 22 heavy (non-hydrogen) atoms. The van der Waals surface area contributed by atoms with E-state index in [1.165, 1.54) is 0 Å². The first-order valence-corrected chi connectivity index (χ1v) is 7.58. The maximum absolute atomic E-state index is 12.2. The number of ether oxygens (including phenoxy) is 1. The fraction of sp³-hybridized carbons (Fsp3) is 0.278. The second kappa shape index (κ2) is 7.09. The summed E-state index contributed by atoms with van der Waals surface area (Å²) in [5.74, 6) is 0. The van der Waals surface area contributed by atoms with Crippen molar-refractivity contribution in [3.63, 3.8) is 0 Å². The Kier molecular flexibility index (Phi) is 4.71. The van der Waals surface area contributed by atoms with Crippen molar-refractivity contribution in [1.29, 1.82) is 0 Å². The lowest BCUT2D eigenvalue weighted by molar-refractivity contribution is 0.0491. The van der Waals surface area contributed by atoms with Crippen LogP contribution in [0.2, 0.25) is 0 Å². The monoisotopic (exact) mass is 296 g/mol. The molecule has 1 aliphatic rings. The molecule has 1 N–H and O–H groups in total. The summed E-state index contributed by atoms with van der Waals surface area (Å²) >= 11 is 0. The van der Waals surface area contributed by atoms with E-state index in [1.54, 1.807) is 0 Å². The molecular formula is C18H20N2O2. The molecule has 0 aromatic heterocycles. The molecule has 0 spiro atoms. The number of benzene rings is 2. The van der Waals surface area contributed by atoms with Crippen LogP contribution in [0.1, 0.15) is 12.0 Å². The lowest BCUT2D eigenvalue weighted by atomic mass is 10.2. The van der Waals surface area contributed by atoms with Crippen LogP contribution in [0, 0.1) is 0 Å². The first-order chi connectivity index (χ1) is 10.8. The van der Waals surface area contributed by atoms with Crippen LogP contribution < -0.4 is 5.32 Å². The number of carbonyl (C=O) groups excluding carboxylic acids is 1. The van der Waals surface area contributed by atoms with Crippen molar-refractivity contribution in [1.82, 2.24) is 4.90 Å². The molecule has 1 unspecified atom stereocenters. The van der Waals surface area contributed by atoms with E-state index in [9.17, 15) is 4.79 Å². The average molecular weight is 296 g/mol. The third kappa shape index (κ3) is 3.86. The number of nitrogens with one attached hydrogen (secondary N) is 1. The molecule has 0 aliphatic carbocycles. The molecule has 0 radical (unpaired) electrons. The molecule has 0 bridgehead atoms. The predicted octanol–water partition coefficient (Wildman–Crippen LogP) is 3.51. The highest BCUT2D eigenvalue weighted by Gasteiger charge is 2.26. The minimum absolute atomic E-state index is 0.0583. The minimum Gasteiger partial charge on any atom is -0.372 e. The van der Waals surface area contributed by atoms with Crippen molar-refractivity contribution >= 4 is 11.7 Å². The molecule has 4 nitrogen and oxygen atoms in total. The Hall–Kier alpha value is -2.33. The second-order valence-corrected chi connectivity index (χ2v) is 5.45. The molecule has 114 valence electrons. The summed E-state index contributed by atoms with van der Waals surface area (Å²) in [5, 5.41) is 2.91. The average Bonchev–Trinajstić information content (AvgIpc) is 3.04. The molecule has 2 aromatic rings. The van der Waals surface area contributed by atoms with Gasteiger partial charge < -0.3 is 15.0 Å². The van der Waals surface area contributed by atoms with Gasteiger partial charge in [0.2, 0.25) is 0 Å². The molecular weight excluding hydrogens is 276 g/mol. The molecule has 0 saturated carbocycles. The number of amides is 2. The van der Waals surface area contributed by atoms with Crippen molar-refractivity contribution < 1.29 is 9.53 Å². The first kappa shape index (κ1) is 14.6. The Bertz CT molecular complexity index is 601. The Labute approximate surface area is 130 Å². The van der Waals surface area contributed by atoms with E-state index in [1.807, 2.05) is 53.4 Å². The molecule has 1 fully saturated rings. The predicted molar refractivity (Wildman–Crippen MR) is 86.7 cm³/mol. The van der Waals surface area contributed by atoms with E-state index in [2.05, 4.69) is 17.4 Å². The van der Waals surface area contributed by atoms with Gasteiger partial charge >= 0.3 is 6.03 Å². The van der Waals surface area contributed by atoms with E-state index in [0.29, 0.717) is 13.2 Å². The maximum Gasteiger partial charge on any atom is 0.321 e. The van der Waals surface area contributed by atoms with E-state index in [0.717, 1.165) is 24.2 Å². The largest absolute Gasteiger partial charge is 0.372 e. The number of likely N-dealkylation sites (tertiary alicyclic amines) is 1. The maximum atomic E-state index is 12.2. The highest BCUT2D eigenvalue weighted by Crippen LogP contribution is 2.16. The zero-order valence-electron chi connectivity index (χ0n) is 12.4. The fourth-order valence-corrected chi connectivity index (χ4v) is 2.56. The highest BCUT2D eigenvalue weighted by molar-refractivity contribution is 5.89. The lowest BCUT2D eigenvalue weighted by Crippen LogP contribution is -2.34. The quantitative estimate of drug-likeness (QED) is 0.938. The van der Waals surface area contributed by atoms with Crippen molar-refractivity contribution in [2.45, 2.75) is 19.1 Å². The number of para-hydroxylation sites is 1. The molecule has 2 aromatic carbocycles. The van der Waals surface area contributed by atoms with Crippen LogP contribution in [-0.2, 0) is 11.3 Å². The summed E-state index contributed by atoms with van der Waals surface area (Å²) < 4.78 is 5.90. The zero-order chi connectivity index (χ0) is 15.2. The summed E-state index contributed by atoms with van der Waals surface area (Å²) in [4.78, 5) is 14.0. The molecule has 1 saturated heterocycles. The van der Waals surface area contributed by atoms with Gasteiger partial charge in [0.05, 0.1) is 12.7 Å². The van der Waals surface area contributed by atoms with E-state index in [4.69, 9.17) is 4.74 Å². The molecule has 1 heterocycles. The number of hydrogen-bond donors (Lipinski definition) is 1. The van der Waals surface area contributed by atoms with Crippen LogP contribution in [-0.4, -0.2) is 30.1 Å². The van der Waals surface area contributed by atoms with Gasteiger partial charge in [0.1, 0.15) is 0 Å². The summed E-state index contributed by atoms with van der Waals surface area (Å²) in [6, 6.07) is 19.6. The zero-order valence-corrected chi connectivity index (χ0v) is 12.4. The standard InChI is InChI=1S/C18H20N2O2/c21-18(19-16-9-5-2-6-10-16)20-12-11-17(13-20)22-14-15-7-3-1-4-8-15/h1-10,17H,11-14H2,(H,19,21). The van der Waals surface area contributed by atoms with Crippen molar-refractivity contribution in [2.24, 2.45) is 0 Å². The van der Waals surface area contributed by atoms with Gasteiger partial charge in [0.25, 0.3) is 0 Å². The van der Waals surface area contributed by atoms with Crippen LogP contribution in [0.4, 0.5) is 10.5 Å². The van der Waals surface area contributed by atoms with E-state index >= 15 is 0 Å². The highest BCUT2D eigenvalue weighted by atomic mass is 16.5. The van der Waals surface area contributed by atoms with Gasteiger partial charge in [-0.25, -0.2) is 4.79 Å². The lowest BCUT2D eigenvalue weighted by Gasteiger charge is -2.17. The smallest absolute Gasteiger partial charge is 0.321 e. The Morgan fingerprint density at radius 3 is 2.50 bits per heavy atom. The van der Waals surface area contributed by atoms with Gasteiger partial charge in [0.15, 0.2) is 0 Å². The third-order valence-corrected chi connectivity index (χ3v) is 3.79. The van der Waals surface area contributed by atoms with Crippen molar-refractivity contribution in [3.8, 4) is 0 Å². The van der Waals surface area contributed by atoms with Gasteiger partial charge in [-0.1, -0.05) is 48.5 Å². The summed E-state index contributed by atoms with van der Waals surface area (Å²) in [6.45, 7) is 1.98. The summed E-state index contributed by atoms with van der Waals surface area (Å²) in [5.41, 5.74) is 1.98. The Balaban J connectivity index is 1.46. The minimum atomic E-state index is -0.0583. The first-order valence-electron chi connectivity index (χ1n) is 7.58. The van der Waals surface area contributed by atoms with E-state index < -0.39 is 0 Å². The molecule has 4 heteroatoms. The summed E-state index contributed by atoms with van der Waals surface area (Å²) in [6.07, 6.45) is 0.997. The second-order valence-electron chi connectivity index (χ2n) is 5.45. The van der Waals surface area contributed by atoms with Crippen LogP contribution in [0.3, 0.4) is 0 Å². The third-order valence-electron chi connectivity index (χ3n) is 3.79. The topological polar surface area (TPSA) is 41.6 Å². The van der Waals surface area contributed by atoms with Gasteiger partial charge in [-0.2, -0.15) is 0 Å². The van der Waals surface area contributed by atoms with Gasteiger partial charge in [-0.3, -0.25) is 0 Å². The number of anilines is 1.